The van der Waals surface area contributed by atoms with E-state index < -0.39 is 13.1 Å². The van der Waals surface area contributed by atoms with E-state index in [1.165, 1.54) is 0 Å². The predicted octanol–water partition coefficient (Wildman–Crippen LogP) is -0.938. The molecule has 0 saturated heterocycles. The summed E-state index contributed by atoms with van der Waals surface area (Å²) in [5, 5.41) is 0. The van der Waals surface area contributed by atoms with E-state index in [2.05, 4.69) is 0 Å². The quantitative estimate of drug-likeness (QED) is 0.371. The topological polar surface area (TPSA) is 74.6 Å². The van der Waals surface area contributed by atoms with Crippen molar-refractivity contribution in [3.8, 4) is 0 Å². The van der Waals surface area contributed by atoms with E-state index in [-0.39, 0.29) is 29.6 Å². The molecule has 0 aliphatic heterocycles. The van der Waals surface area contributed by atoms with Gasteiger partial charge in [0.05, 0.1) is 0 Å². The van der Waals surface area contributed by atoms with Crippen LogP contribution in [0.15, 0.2) is 0 Å². The molecular weight excluding hydrogens is 142 g/mol. The molecule has 0 fully saturated rings. The number of rotatable bonds is 1. The molecule has 0 unspecified atom stereocenters. The van der Waals surface area contributed by atoms with Crippen LogP contribution in [0.5, 0.6) is 0 Å². The summed E-state index contributed by atoms with van der Waals surface area (Å²) < 4.78 is 9.68. The molecule has 0 heterocycles. The summed E-state index contributed by atoms with van der Waals surface area (Å²) in [6.45, 7) is 0.848. The fourth-order valence-corrected chi connectivity index (χ4v) is 0. The van der Waals surface area contributed by atoms with E-state index in [0.717, 1.165) is 6.92 Å². The molecule has 0 aromatic rings. The Labute approximate surface area is 68.7 Å². The van der Waals surface area contributed by atoms with Crippen LogP contribution in [-0.2, 0) is 9.36 Å². The minimum absolute atomic E-state index is 0. The molecular formula is C2H6NaO4P. The Bertz CT molecular complexity index is 126. The van der Waals surface area contributed by atoms with Crippen LogP contribution in [0, 0.1) is 0 Å². The van der Waals surface area contributed by atoms with Gasteiger partial charge in [-0.05, 0) is 0 Å². The predicted molar refractivity (Wildman–Crippen MR) is 29.9 cm³/mol. The standard InChI is InChI=1S/C2H5O4P.Na.H/c1-2(3)7(4,5)6;;/h1H3,(H2,4,5,6);;. The van der Waals surface area contributed by atoms with E-state index in [9.17, 15) is 9.36 Å². The normalized spacial score (nSPS) is 9.88. The number of carbonyl (C=O) groups is 1. The van der Waals surface area contributed by atoms with E-state index >= 15 is 0 Å². The monoisotopic (exact) mass is 148 g/mol. The maximum absolute atomic E-state index is 9.70. The third kappa shape index (κ3) is 4.97. The van der Waals surface area contributed by atoms with Gasteiger partial charge in [-0.1, -0.05) is 0 Å². The van der Waals surface area contributed by atoms with Crippen molar-refractivity contribution in [2.24, 2.45) is 0 Å². The summed E-state index contributed by atoms with van der Waals surface area (Å²) >= 11 is 0. The van der Waals surface area contributed by atoms with Gasteiger partial charge in [-0.2, -0.15) is 0 Å². The molecule has 0 saturated carbocycles. The van der Waals surface area contributed by atoms with Crippen LogP contribution in [-0.4, -0.2) is 44.9 Å². The van der Waals surface area contributed by atoms with Gasteiger partial charge in [-0.3, -0.25) is 9.36 Å². The van der Waals surface area contributed by atoms with Crippen molar-refractivity contribution in [2.75, 3.05) is 0 Å². The van der Waals surface area contributed by atoms with Crippen molar-refractivity contribution in [2.45, 2.75) is 6.92 Å². The molecule has 0 spiro atoms. The molecule has 0 radical (unpaired) electrons. The molecule has 0 atom stereocenters. The second-order valence-electron chi connectivity index (χ2n) is 1.06. The van der Waals surface area contributed by atoms with E-state index in [0.29, 0.717) is 0 Å². The van der Waals surface area contributed by atoms with Crippen molar-refractivity contribution in [1.29, 1.82) is 0 Å². The van der Waals surface area contributed by atoms with Crippen LogP contribution in [0.3, 0.4) is 0 Å². The molecule has 0 aliphatic carbocycles. The van der Waals surface area contributed by atoms with Gasteiger partial charge < -0.3 is 9.79 Å². The Kier molecular flexibility index (Phi) is 5.47. The molecule has 44 valence electrons. The first-order valence-electron chi connectivity index (χ1n) is 1.51. The number of hydrogen-bond donors (Lipinski definition) is 2. The Morgan fingerprint density at radius 2 is 1.62 bits per heavy atom. The van der Waals surface area contributed by atoms with Crippen molar-refractivity contribution in [3.63, 3.8) is 0 Å². The van der Waals surface area contributed by atoms with Gasteiger partial charge in [-0.15, -0.1) is 0 Å². The second-order valence-corrected chi connectivity index (χ2v) is 2.78. The molecule has 4 nitrogen and oxygen atoms in total. The first-order chi connectivity index (χ1) is 2.94. The van der Waals surface area contributed by atoms with Gasteiger partial charge in [-0.25, -0.2) is 0 Å². The van der Waals surface area contributed by atoms with Crippen molar-refractivity contribution >= 4 is 42.7 Å². The molecule has 0 rings (SSSR count). The van der Waals surface area contributed by atoms with Crippen LogP contribution < -0.4 is 0 Å². The van der Waals surface area contributed by atoms with Crippen LogP contribution in [0.1, 0.15) is 6.92 Å². The van der Waals surface area contributed by atoms with Gasteiger partial charge >= 0.3 is 37.2 Å². The Hall–Kier alpha value is 0.820. The Morgan fingerprint density at radius 1 is 1.50 bits per heavy atom. The van der Waals surface area contributed by atoms with Crippen molar-refractivity contribution in [3.05, 3.63) is 0 Å². The molecule has 0 aromatic carbocycles. The fourth-order valence-electron chi connectivity index (χ4n) is 0. The van der Waals surface area contributed by atoms with Crippen molar-refractivity contribution < 1.29 is 19.1 Å². The average molecular weight is 148 g/mol. The summed E-state index contributed by atoms with van der Waals surface area (Å²) in [4.78, 5) is 25.4. The zero-order valence-electron chi connectivity index (χ0n) is 3.66. The molecule has 0 aliphatic rings. The summed E-state index contributed by atoms with van der Waals surface area (Å²) in [6, 6.07) is 0. The number of carbonyl (C=O) groups excluding carboxylic acids is 1. The first-order valence-corrected chi connectivity index (χ1v) is 3.12. The molecule has 6 heteroatoms. The zero-order valence-corrected chi connectivity index (χ0v) is 4.55. The van der Waals surface area contributed by atoms with Crippen LogP contribution in [0.2, 0.25) is 0 Å². The minimum atomic E-state index is -4.38. The molecule has 8 heavy (non-hydrogen) atoms. The van der Waals surface area contributed by atoms with Gasteiger partial charge in [0, 0.05) is 6.92 Å². The molecule has 0 bridgehead atoms. The first kappa shape index (κ1) is 11.6. The molecule has 0 amide bonds. The summed E-state index contributed by atoms with van der Waals surface area (Å²) in [5.41, 5.74) is -1.09. The third-order valence-electron chi connectivity index (χ3n) is 0.410. The van der Waals surface area contributed by atoms with Gasteiger partial charge in [0.2, 0.25) is 5.52 Å². The van der Waals surface area contributed by atoms with Gasteiger partial charge in [0.25, 0.3) is 0 Å². The van der Waals surface area contributed by atoms with E-state index in [1.54, 1.807) is 0 Å². The summed E-state index contributed by atoms with van der Waals surface area (Å²) in [5.74, 6) is 0. The number of hydrogen-bond acceptors (Lipinski definition) is 2. The van der Waals surface area contributed by atoms with Gasteiger partial charge in [0.1, 0.15) is 0 Å². The van der Waals surface area contributed by atoms with E-state index in [1.807, 2.05) is 0 Å². The van der Waals surface area contributed by atoms with Crippen LogP contribution in [0.4, 0.5) is 0 Å². The summed E-state index contributed by atoms with van der Waals surface area (Å²) in [7, 11) is -4.38. The second kappa shape index (κ2) is 3.77. The maximum atomic E-state index is 9.70. The molecule has 0 aromatic heterocycles. The van der Waals surface area contributed by atoms with Gasteiger partial charge in [0.15, 0.2) is 0 Å². The zero-order chi connectivity index (χ0) is 6.08. The molecule has 2 N–H and O–H groups in total. The van der Waals surface area contributed by atoms with Crippen molar-refractivity contribution in [1.82, 2.24) is 0 Å². The van der Waals surface area contributed by atoms with Crippen LogP contribution in [0.25, 0.3) is 0 Å². The van der Waals surface area contributed by atoms with Crippen LogP contribution >= 0.6 is 7.60 Å². The Balaban J connectivity index is 0. The summed E-state index contributed by atoms with van der Waals surface area (Å²) in [6.07, 6.45) is 0. The Morgan fingerprint density at radius 3 is 1.62 bits per heavy atom. The fraction of sp³-hybridized carbons (Fsp3) is 0.500. The SMILES string of the molecule is CC(=O)P(=O)(O)O.[NaH]. The average Bonchev–Trinajstić information content (AvgIpc) is 1.31. The third-order valence-corrected chi connectivity index (χ3v) is 1.23. The van der Waals surface area contributed by atoms with E-state index in [4.69, 9.17) is 9.79 Å².